The number of esters is 2. The van der Waals surface area contributed by atoms with Crippen LogP contribution in [0.4, 0.5) is 8.78 Å². The number of aromatic hydroxyl groups is 1. The highest BCUT2D eigenvalue weighted by atomic mass is 79.9. The predicted octanol–water partition coefficient (Wildman–Crippen LogP) is 9.24. The molecule has 4 aromatic carbocycles. The van der Waals surface area contributed by atoms with Crippen LogP contribution < -0.4 is 4.74 Å². The van der Waals surface area contributed by atoms with Crippen LogP contribution in [-0.2, 0) is 33.8 Å². The number of ether oxygens (including phenoxy) is 2. The minimum absolute atomic E-state index is 0.0205. The van der Waals surface area contributed by atoms with Crippen molar-refractivity contribution in [3.63, 3.8) is 0 Å². The van der Waals surface area contributed by atoms with Crippen molar-refractivity contribution in [3.05, 3.63) is 127 Å². The zero-order valence-corrected chi connectivity index (χ0v) is 30.3. The number of rotatable bonds is 9. The maximum atomic E-state index is 15.9. The molecule has 6 aromatic rings. The van der Waals surface area contributed by atoms with Crippen LogP contribution in [-0.4, -0.2) is 33.3 Å². The van der Waals surface area contributed by atoms with Crippen LogP contribution in [0.25, 0.3) is 21.8 Å². The quantitative estimate of drug-likeness (QED) is 0.117. The molecule has 11 heteroatoms. The van der Waals surface area contributed by atoms with Crippen molar-refractivity contribution in [1.29, 1.82) is 0 Å². The van der Waals surface area contributed by atoms with E-state index < -0.39 is 35.2 Å². The van der Waals surface area contributed by atoms with E-state index in [4.69, 9.17) is 9.47 Å². The maximum Gasteiger partial charge on any atom is 0.320 e. The highest BCUT2D eigenvalue weighted by Gasteiger charge is 2.31. The first-order valence-corrected chi connectivity index (χ1v) is 17.0. The van der Waals surface area contributed by atoms with E-state index in [0.717, 1.165) is 31.3 Å². The van der Waals surface area contributed by atoms with Crippen molar-refractivity contribution in [2.24, 2.45) is 0 Å². The number of hydrogen-bond donors (Lipinski definition) is 1. The largest absolute Gasteiger partial charge is 0.508 e. The molecule has 0 bridgehead atoms. The summed E-state index contributed by atoms with van der Waals surface area (Å²) >= 11 is 6.88. The number of methoxy groups -OCH3 is 1. The Morgan fingerprint density at radius 1 is 0.837 bits per heavy atom. The lowest BCUT2D eigenvalue weighted by molar-refractivity contribution is -0.160. The Kier molecular flexibility index (Phi) is 9.68. The first kappa shape index (κ1) is 34.4. The normalized spacial score (nSPS) is 12.1. The summed E-state index contributed by atoms with van der Waals surface area (Å²) in [5.74, 6) is -5.11. The van der Waals surface area contributed by atoms with E-state index in [9.17, 15) is 14.7 Å². The van der Waals surface area contributed by atoms with Crippen LogP contribution in [0, 0.1) is 25.5 Å². The molecule has 0 aliphatic carbocycles. The van der Waals surface area contributed by atoms with E-state index in [0.29, 0.717) is 23.2 Å². The highest BCUT2D eigenvalue weighted by Crippen LogP contribution is 2.39. The number of fused-ring (bicyclic) bond motifs is 2. The Morgan fingerprint density at radius 3 is 1.98 bits per heavy atom. The fraction of sp³-hybridized carbons (Fsp3) is 0.211. The number of hydrogen-bond acceptors (Lipinski definition) is 5. The van der Waals surface area contributed by atoms with E-state index in [1.165, 1.54) is 20.1 Å². The van der Waals surface area contributed by atoms with Crippen LogP contribution in [0.2, 0.25) is 0 Å². The standard InChI is InChI=1S/C38H32Br2F2N2O5/c1-20(34-22(3)44(19-24-7-11-26(40)12-8-24)32-17-30(41)37(48-4)36(42)35(32)34)38(47)49-33(46)16-28-21(2)43(18-23-5-9-25(39)10-6-23)31-14-13-27(45)15-29(28)31/h5-15,17,20,45H,16,18-19H2,1-4H3. The maximum absolute atomic E-state index is 15.9. The molecular weight excluding hydrogens is 762 g/mol. The van der Waals surface area contributed by atoms with Gasteiger partial charge in [0.05, 0.1) is 25.0 Å². The lowest BCUT2D eigenvalue weighted by atomic mass is 9.97. The van der Waals surface area contributed by atoms with Gasteiger partial charge < -0.3 is 23.7 Å². The van der Waals surface area contributed by atoms with Crippen LogP contribution in [0.1, 0.15) is 46.5 Å². The van der Waals surface area contributed by atoms with Gasteiger partial charge in [-0.15, -0.1) is 0 Å². The average molecular weight is 794 g/mol. The zero-order valence-electron chi connectivity index (χ0n) is 27.1. The molecule has 1 unspecified atom stereocenters. The Morgan fingerprint density at radius 2 is 1.41 bits per heavy atom. The van der Waals surface area contributed by atoms with Gasteiger partial charge in [-0.05, 0) is 85.5 Å². The van der Waals surface area contributed by atoms with E-state index >= 15 is 8.78 Å². The van der Waals surface area contributed by atoms with Gasteiger partial charge in [-0.25, -0.2) is 8.78 Å². The number of nitrogens with zero attached hydrogens (tertiary/aromatic N) is 2. The fourth-order valence-corrected chi connectivity index (χ4v) is 7.02. The molecule has 49 heavy (non-hydrogen) atoms. The SMILES string of the molecule is COc1c(F)cc2c(c1F)c(C(C)C(=O)OC(=O)Cc1c(C)n(Cc3ccc(Br)cc3)c3ccc(O)cc13)c(C)n2Cc1ccc(Br)cc1. The second-order valence-corrected chi connectivity index (χ2v) is 13.8. The third kappa shape index (κ3) is 6.61. The molecule has 0 spiro atoms. The number of carbonyl (C=O) groups excluding carboxylic acids is 2. The number of carbonyl (C=O) groups is 2. The van der Waals surface area contributed by atoms with Gasteiger partial charge in [-0.1, -0.05) is 56.1 Å². The van der Waals surface area contributed by atoms with Crippen molar-refractivity contribution in [3.8, 4) is 11.5 Å². The van der Waals surface area contributed by atoms with Gasteiger partial charge in [-0.3, -0.25) is 9.59 Å². The van der Waals surface area contributed by atoms with Gasteiger partial charge in [0, 0.05) is 55.8 Å². The van der Waals surface area contributed by atoms with Crippen molar-refractivity contribution in [2.75, 3.05) is 7.11 Å². The second kappa shape index (κ2) is 13.8. The van der Waals surface area contributed by atoms with Gasteiger partial charge >= 0.3 is 11.9 Å². The second-order valence-electron chi connectivity index (χ2n) is 12.0. The Balaban J connectivity index is 1.32. The summed E-state index contributed by atoms with van der Waals surface area (Å²) < 4.78 is 47.0. The monoisotopic (exact) mass is 792 g/mol. The molecule has 252 valence electrons. The lowest BCUT2D eigenvalue weighted by Gasteiger charge is -2.13. The van der Waals surface area contributed by atoms with E-state index in [1.807, 2.05) is 60.0 Å². The molecule has 0 aliphatic heterocycles. The molecule has 0 saturated carbocycles. The molecule has 0 aliphatic rings. The minimum atomic E-state index is -1.09. The molecule has 7 nitrogen and oxygen atoms in total. The predicted molar refractivity (Wildman–Crippen MR) is 191 cm³/mol. The third-order valence-corrected chi connectivity index (χ3v) is 10.0. The molecule has 1 N–H and O–H groups in total. The smallest absolute Gasteiger partial charge is 0.320 e. The molecule has 0 fully saturated rings. The zero-order chi connectivity index (χ0) is 35.1. The molecular formula is C38H32Br2F2N2O5. The minimum Gasteiger partial charge on any atom is -0.508 e. The number of phenolic OH excluding ortho intramolecular Hbond substituents is 1. The Hall–Kier alpha value is -4.48. The molecule has 2 heterocycles. The fourth-order valence-electron chi connectivity index (χ4n) is 6.50. The number of halogens is 4. The van der Waals surface area contributed by atoms with Crippen LogP contribution in [0.5, 0.6) is 11.5 Å². The number of aromatic nitrogens is 2. The summed E-state index contributed by atoms with van der Waals surface area (Å²) in [7, 11) is 1.17. The van der Waals surface area contributed by atoms with Gasteiger partial charge in [0.15, 0.2) is 17.4 Å². The summed E-state index contributed by atoms with van der Waals surface area (Å²) in [5.41, 5.74) is 5.14. The topological polar surface area (TPSA) is 82.7 Å². The molecule has 1 atom stereocenters. The van der Waals surface area contributed by atoms with Gasteiger partial charge in [0.2, 0.25) is 0 Å². The van der Waals surface area contributed by atoms with E-state index in [1.54, 1.807) is 29.7 Å². The highest BCUT2D eigenvalue weighted by molar-refractivity contribution is 9.10. The average Bonchev–Trinajstić information content (AvgIpc) is 3.47. The van der Waals surface area contributed by atoms with Gasteiger partial charge in [0.25, 0.3) is 0 Å². The summed E-state index contributed by atoms with van der Waals surface area (Å²) in [6.07, 6.45) is -0.241. The van der Waals surface area contributed by atoms with Crippen molar-refractivity contribution in [2.45, 2.75) is 46.2 Å². The summed E-state index contributed by atoms with van der Waals surface area (Å²) in [4.78, 5) is 27.0. The Bertz CT molecular complexity index is 2240. The first-order valence-electron chi connectivity index (χ1n) is 15.5. The summed E-state index contributed by atoms with van der Waals surface area (Å²) in [6, 6.07) is 21.6. The molecule has 2 aromatic heterocycles. The summed E-state index contributed by atoms with van der Waals surface area (Å²) in [5, 5.41) is 11.0. The van der Waals surface area contributed by atoms with Crippen LogP contribution >= 0.6 is 31.9 Å². The van der Waals surface area contributed by atoms with Crippen molar-refractivity contribution < 1.29 is 33.0 Å². The Labute approximate surface area is 298 Å². The first-order chi connectivity index (χ1) is 23.4. The number of benzene rings is 4. The molecule has 6 rings (SSSR count). The van der Waals surface area contributed by atoms with Gasteiger partial charge in [-0.2, -0.15) is 0 Å². The van der Waals surface area contributed by atoms with Crippen molar-refractivity contribution in [1.82, 2.24) is 9.13 Å². The summed E-state index contributed by atoms with van der Waals surface area (Å²) in [6.45, 7) is 5.92. The van der Waals surface area contributed by atoms with Gasteiger partial charge in [0.1, 0.15) is 5.75 Å². The van der Waals surface area contributed by atoms with Crippen LogP contribution in [0.3, 0.4) is 0 Å². The lowest BCUT2D eigenvalue weighted by Crippen LogP contribution is -2.20. The van der Waals surface area contributed by atoms with E-state index in [-0.39, 0.29) is 35.2 Å². The number of phenols is 1. The molecule has 0 amide bonds. The molecule has 0 saturated heterocycles. The third-order valence-electron chi connectivity index (χ3n) is 8.98. The van der Waals surface area contributed by atoms with Crippen LogP contribution in [0.15, 0.2) is 81.7 Å². The van der Waals surface area contributed by atoms with Crippen molar-refractivity contribution >= 4 is 65.6 Å². The molecule has 0 radical (unpaired) electrons. The van der Waals surface area contributed by atoms with E-state index in [2.05, 4.69) is 31.9 Å².